The summed E-state index contributed by atoms with van der Waals surface area (Å²) in [5.41, 5.74) is 1.28. The lowest BCUT2D eigenvalue weighted by Crippen LogP contribution is -2.37. The topological polar surface area (TPSA) is 64.5 Å². The van der Waals surface area contributed by atoms with Gasteiger partial charge in [0, 0.05) is 50.6 Å². The van der Waals surface area contributed by atoms with Gasteiger partial charge in [0.05, 0.1) is 0 Å². The molecule has 0 amide bonds. The van der Waals surface area contributed by atoms with Gasteiger partial charge in [0.2, 0.25) is 0 Å². The zero-order chi connectivity index (χ0) is 17.8. The number of hydrogen-bond acceptors (Lipinski definition) is 6. The number of benzene rings is 1. The van der Waals surface area contributed by atoms with E-state index in [1.807, 2.05) is 6.07 Å². The van der Waals surface area contributed by atoms with Crippen LogP contribution in [0.2, 0.25) is 0 Å². The molecule has 0 radical (unpaired) electrons. The molecule has 0 spiro atoms. The van der Waals surface area contributed by atoms with Gasteiger partial charge in [0.1, 0.15) is 18.0 Å². The van der Waals surface area contributed by atoms with Crippen molar-refractivity contribution in [3.63, 3.8) is 0 Å². The highest BCUT2D eigenvalue weighted by molar-refractivity contribution is 5.51. The summed E-state index contributed by atoms with van der Waals surface area (Å²) >= 11 is 0. The Morgan fingerprint density at radius 2 is 1.92 bits per heavy atom. The van der Waals surface area contributed by atoms with Gasteiger partial charge in [0.15, 0.2) is 0 Å². The normalized spacial score (nSPS) is 23.3. The fourth-order valence-corrected chi connectivity index (χ4v) is 3.98. The maximum Gasteiger partial charge on any atom is 0.134 e. The fraction of sp³-hybridized carbons (Fsp3) is 0.500. The van der Waals surface area contributed by atoms with Gasteiger partial charge in [-0.3, -0.25) is 0 Å². The summed E-state index contributed by atoms with van der Waals surface area (Å²) in [5, 5.41) is 13.0. The van der Waals surface area contributed by atoms with Crippen LogP contribution in [0.5, 0.6) is 0 Å². The van der Waals surface area contributed by atoms with Crippen LogP contribution in [0.1, 0.15) is 19.3 Å². The Kier molecular flexibility index (Phi) is 5.20. The summed E-state index contributed by atoms with van der Waals surface area (Å²) in [7, 11) is 0. The number of anilines is 3. The van der Waals surface area contributed by atoms with E-state index in [4.69, 9.17) is 0 Å². The molecule has 2 fully saturated rings. The van der Waals surface area contributed by atoms with Crippen molar-refractivity contribution in [2.75, 3.05) is 47.9 Å². The lowest BCUT2D eigenvalue weighted by Gasteiger charge is -2.32. The van der Waals surface area contributed by atoms with Crippen molar-refractivity contribution in [3.8, 4) is 0 Å². The van der Waals surface area contributed by atoms with Crippen molar-refractivity contribution in [3.05, 3.63) is 42.7 Å². The van der Waals surface area contributed by atoms with Crippen LogP contribution in [0.25, 0.3) is 0 Å². The number of nitrogens with zero attached hydrogens (tertiary/aromatic N) is 4. The van der Waals surface area contributed by atoms with Gasteiger partial charge < -0.3 is 20.2 Å². The van der Waals surface area contributed by atoms with Gasteiger partial charge in [0.25, 0.3) is 0 Å². The lowest BCUT2D eigenvalue weighted by atomic mass is 9.99. The third kappa shape index (κ3) is 3.90. The molecule has 2 aromatic rings. The van der Waals surface area contributed by atoms with Crippen molar-refractivity contribution < 1.29 is 5.11 Å². The van der Waals surface area contributed by atoms with E-state index < -0.39 is 0 Å². The molecular weight excluding hydrogens is 326 g/mol. The minimum atomic E-state index is 0.254. The third-order valence-electron chi connectivity index (χ3n) is 5.42. The molecule has 26 heavy (non-hydrogen) atoms. The Morgan fingerprint density at radius 3 is 2.77 bits per heavy atom. The minimum absolute atomic E-state index is 0.254. The molecule has 6 heteroatoms. The quantitative estimate of drug-likeness (QED) is 0.860. The molecule has 1 aromatic carbocycles. The highest BCUT2D eigenvalue weighted by Gasteiger charge is 2.24. The van der Waals surface area contributed by atoms with Crippen molar-refractivity contribution in [2.24, 2.45) is 5.92 Å². The van der Waals surface area contributed by atoms with Crippen LogP contribution in [0, 0.1) is 5.92 Å². The third-order valence-corrected chi connectivity index (χ3v) is 5.42. The summed E-state index contributed by atoms with van der Waals surface area (Å²) in [6, 6.07) is 13.0. The summed E-state index contributed by atoms with van der Waals surface area (Å²) in [6.07, 6.45) is 4.95. The predicted molar refractivity (Wildman–Crippen MR) is 105 cm³/mol. The number of nitrogens with one attached hydrogen (secondary N) is 1. The molecule has 0 bridgehead atoms. The van der Waals surface area contributed by atoms with Gasteiger partial charge in [-0.2, -0.15) is 0 Å². The minimum Gasteiger partial charge on any atom is -0.396 e. The second kappa shape index (κ2) is 7.91. The zero-order valence-electron chi connectivity index (χ0n) is 15.1. The van der Waals surface area contributed by atoms with Crippen LogP contribution < -0.4 is 15.1 Å². The molecule has 138 valence electrons. The van der Waals surface area contributed by atoms with Gasteiger partial charge in [-0.05, 0) is 37.3 Å². The molecule has 4 rings (SSSR count). The highest BCUT2D eigenvalue weighted by atomic mass is 16.3. The van der Waals surface area contributed by atoms with Gasteiger partial charge >= 0.3 is 0 Å². The molecule has 3 heterocycles. The summed E-state index contributed by atoms with van der Waals surface area (Å²) in [4.78, 5) is 13.5. The van der Waals surface area contributed by atoms with Gasteiger partial charge in [-0.15, -0.1) is 0 Å². The fourth-order valence-electron chi connectivity index (χ4n) is 3.98. The first kappa shape index (κ1) is 17.1. The van der Waals surface area contributed by atoms with Crippen molar-refractivity contribution in [1.29, 1.82) is 0 Å². The summed E-state index contributed by atoms with van der Waals surface area (Å²) < 4.78 is 0. The molecular formula is C20H27N5O. The number of rotatable bonds is 5. The second-order valence-electron chi connectivity index (χ2n) is 7.31. The van der Waals surface area contributed by atoms with E-state index in [0.717, 1.165) is 57.1 Å². The first-order valence-corrected chi connectivity index (χ1v) is 9.56. The molecule has 1 aromatic heterocycles. The Labute approximate surface area is 154 Å². The van der Waals surface area contributed by atoms with E-state index in [1.54, 1.807) is 6.33 Å². The highest BCUT2D eigenvalue weighted by Crippen LogP contribution is 2.25. The zero-order valence-corrected chi connectivity index (χ0v) is 15.1. The number of hydrogen-bond donors (Lipinski definition) is 2. The van der Waals surface area contributed by atoms with E-state index in [-0.39, 0.29) is 6.61 Å². The first-order valence-electron chi connectivity index (χ1n) is 9.56. The summed E-state index contributed by atoms with van der Waals surface area (Å²) in [6.45, 7) is 4.17. The molecule has 6 nitrogen and oxygen atoms in total. The standard InChI is InChI=1S/C20H27N5O/c26-14-16-5-4-9-25(12-16)20-11-19(21-15-22-20)23-17-8-10-24(13-17)18-6-2-1-3-7-18/h1-3,6-7,11,15-17,26H,4-5,8-10,12-14H2,(H,21,22,23). The number of piperidine rings is 1. The van der Waals surface area contributed by atoms with E-state index in [1.165, 1.54) is 5.69 Å². The SMILES string of the molecule is OCC1CCCN(c2cc(NC3CCN(c4ccccc4)C3)ncn2)C1. The number of para-hydroxylation sites is 1. The molecule has 0 aliphatic carbocycles. The first-order chi connectivity index (χ1) is 12.8. The molecule has 2 aliphatic rings. The largest absolute Gasteiger partial charge is 0.396 e. The number of aliphatic hydroxyl groups is 1. The maximum absolute atomic E-state index is 9.44. The Bertz CT molecular complexity index is 710. The maximum atomic E-state index is 9.44. The molecule has 2 saturated heterocycles. The average Bonchev–Trinajstić information content (AvgIpc) is 3.17. The van der Waals surface area contributed by atoms with Crippen LogP contribution >= 0.6 is 0 Å². The Morgan fingerprint density at radius 1 is 1.04 bits per heavy atom. The van der Waals surface area contributed by atoms with E-state index in [2.05, 4.69) is 55.4 Å². The molecule has 2 atom stereocenters. The van der Waals surface area contributed by atoms with Crippen molar-refractivity contribution in [2.45, 2.75) is 25.3 Å². The Hall–Kier alpha value is -2.34. The van der Waals surface area contributed by atoms with Crippen molar-refractivity contribution >= 4 is 17.3 Å². The number of aromatic nitrogens is 2. The smallest absolute Gasteiger partial charge is 0.134 e. The monoisotopic (exact) mass is 353 g/mol. The summed E-state index contributed by atoms with van der Waals surface area (Å²) in [5.74, 6) is 2.20. The van der Waals surface area contributed by atoms with Crippen molar-refractivity contribution in [1.82, 2.24) is 9.97 Å². The van der Waals surface area contributed by atoms with Gasteiger partial charge in [-0.1, -0.05) is 18.2 Å². The second-order valence-corrected chi connectivity index (χ2v) is 7.31. The van der Waals surface area contributed by atoms with E-state index >= 15 is 0 Å². The molecule has 2 N–H and O–H groups in total. The van der Waals surface area contributed by atoms with Crippen LogP contribution in [-0.4, -0.2) is 53.9 Å². The van der Waals surface area contributed by atoms with Crippen LogP contribution in [0.4, 0.5) is 17.3 Å². The predicted octanol–water partition coefficient (Wildman–Crippen LogP) is 2.38. The molecule has 0 saturated carbocycles. The Balaban J connectivity index is 1.38. The molecule has 2 unspecified atom stereocenters. The van der Waals surface area contributed by atoms with Crippen LogP contribution in [0.3, 0.4) is 0 Å². The lowest BCUT2D eigenvalue weighted by molar-refractivity contribution is 0.208. The van der Waals surface area contributed by atoms with Crippen LogP contribution in [-0.2, 0) is 0 Å². The average molecular weight is 353 g/mol. The van der Waals surface area contributed by atoms with Gasteiger partial charge in [-0.25, -0.2) is 9.97 Å². The van der Waals surface area contributed by atoms with Crippen LogP contribution in [0.15, 0.2) is 42.7 Å². The van der Waals surface area contributed by atoms with E-state index in [0.29, 0.717) is 12.0 Å². The number of aliphatic hydroxyl groups excluding tert-OH is 1. The van der Waals surface area contributed by atoms with E-state index in [9.17, 15) is 5.11 Å². The molecule has 2 aliphatic heterocycles.